The van der Waals surface area contributed by atoms with Gasteiger partial charge < -0.3 is 15.5 Å². The first-order chi connectivity index (χ1) is 10.2. The van der Waals surface area contributed by atoms with E-state index in [1.807, 2.05) is 6.92 Å². The largest absolute Gasteiger partial charge is 0.357 e. The van der Waals surface area contributed by atoms with Crippen LogP contribution >= 0.6 is 0 Å². The van der Waals surface area contributed by atoms with Gasteiger partial charge in [-0.15, -0.1) is 0 Å². The molecule has 1 aliphatic heterocycles. The molecule has 1 saturated heterocycles. The van der Waals surface area contributed by atoms with Crippen molar-refractivity contribution in [2.45, 2.75) is 19.8 Å². The van der Waals surface area contributed by atoms with E-state index in [-0.39, 0.29) is 18.3 Å². The first-order valence-corrected chi connectivity index (χ1v) is 7.27. The van der Waals surface area contributed by atoms with Crippen LogP contribution in [0.1, 0.15) is 19.8 Å². The molecule has 1 fully saturated rings. The quantitative estimate of drug-likeness (QED) is 0.657. The Morgan fingerprint density at radius 3 is 2.57 bits per heavy atom. The molecule has 0 unspecified atom stereocenters. The van der Waals surface area contributed by atoms with Gasteiger partial charge in [0.1, 0.15) is 12.4 Å². The highest BCUT2D eigenvalue weighted by atomic mass is 19.1. The van der Waals surface area contributed by atoms with Gasteiger partial charge >= 0.3 is 0 Å². The van der Waals surface area contributed by atoms with Crippen molar-refractivity contribution in [3.05, 3.63) is 30.1 Å². The maximum absolute atomic E-state index is 12.8. The second-order valence-electron chi connectivity index (χ2n) is 4.92. The zero-order chi connectivity index (χ0) is 15.1. The molecule has 0 saturated carbocycles. The molecule has 21 heavy (non-hydrogen) atoms. The summed E-state index contributed by atoms with van der Waals surface area (Å²) in [6, 6.07) is 5.69. The van der Waals surface area contributed by atoms with Gasteiger partial charge in [0.2, 0.25) is 5.91 Å². The van der Waals surface area contributed by atoms with Gasteiger partial charge in [-0.25, -0.2) is 9.38 Å². The van der Waals surface area contributed by atoms with E-state index in [0.717, 1.165) is 38.4 Å². The normalized spacial score (nSPS) is 15.1. The molecule has 0 aliphatic carbocycles. The molecule has 1 aliphatic rings. The maximum Gasteiger partial charge on any atom is 0.246 e. The molecule has 0 atom stereocenters. The summed E-state index contributed by atoms with van der Waals surface area (Å²) in [4.78, 5) is 18.4. The van der Waals surface area contributed by atoms with E-state index in [4.69, 9.17) is 0 Å². The third-order valence-corrected chi connectivity index (χ3v) is 3.24. The Balaban J connectivity index is 1.90. The molecule has 2 N–H and O–H groups in total. The highest BCUT2D eigenvalue weighted by Crippen LogP contribution is 2.09. The molecule has 2 rings (SSSR count). The molecule has 6 heteroatoms. The number of carbonyl (C=O) groups is 1. The number of likely N-dealkylation sites (tertiary alicyclic amines) is 1. The van der Waals surface area contributed by atoms with Crippen LogP contribution in [0.4, 0.5) is 10.1 Å². The predicted octanol–water partition coefficient (Wildman–Crippen LogP) is 1.83. The molecular weight excluding hydrogens is 271 g/mol. The van der Waals surface area contributed by atoms with Gasteiger partial charge in [-0.1, -0.05) is 0 Å². The van der Waals surface area contributed by atoms with Gasteiger partial charge in [0.15, 0.2) is 5.96 Å². The maximum atomic E-state index is 12.8. The number of aliphatic imine (C=N–C) groups is 1. The first kappa shape index (κ1) is 15.3. The lowest BCUT2D eigenvalue weighted by Gasteiger charge is -2.20. The van der Waals surface area contributed by atoms with Gasteiger partial charge in [0.25, 0.3) is 0 Å². The molecule has 0 bridgehead atoms. The summed E-state index contributed by atoms with van der Waals surface area (Å²) in [5, 5.41) is 5.90. The summed E-state index contributed by atoms with van der Waals surface area (Å²) in [6.07, 6.45) is 2.32. The van der Waals surface area contributed by atoms with Crippen LogP contribution in [0.5, 0.6) is 0 Å². The zero-order valence-electron chi connectivity index (χ0n) is 12.2. The van der Waals surface area contributed by atoms with Crippen molar-refractivity contribution in [1.29, 1.82) is 0 Å². The molecule has 1 heterocycles. The fourth-order valence-electron chi connectivity index (χ4n) is 2.24. The molecule has 0 spiro atoms. The van der Waals surface area contributed by atoms with E-state index < -0.39 is 0 Å². The summed E-state index contributed by atoms with van der Waals surface area (Å²) in [7, 11) is 0. The zero-order valence-corrected chi connectivity index (χ0v) is 12.2. The van der Waals surface area contributed by atoms with E-state index in [1.165, 1.54) is 24.3 Å². The van der Waals surface area contributed by atoms with Crippen LogP contribution < -0.4 is 10.6 Å². The molecule has 0 radical (unpaired) electrons. The van der Waals surface area contributed by atoms with E-state index in [0.29, 0.717) is 5.69 Å². The average molecular weight is 292 g/mol. The summed E-state index contributed by atoms with van der Waals surface area (Å²) in [5.41, 5.74) is 0.572. The van der Waals surface area contributed by atoms with E-state index in [9.17, 15) is 9.18 Å². The molecule has 1 aromatic carbocycles. The number of rotatable bonds is 4. The third-order valence-electron chi connectivity index (χ3n) is 3.24. The molecule has 114 valence electrons. The Labute approximate surface area is 124 Å². The van der Waals surface area contributed by atoms with E-state index in [2.05, 4.69) is 20.5 Å². The molecule has 0 aromatic heterocycles. The van der Waals surface area contributed by atoms with Gasteiger partial charge in [-0.3, -0.25) is 4.79 Å². The van der Waals surface area contributed by atoms with Crippen LogP contribution in [0.15, 0.2) is 29.3 Å². The third kappa shape index (κ3) is 4.73. The number of benzene rings is 1. The number of anilines is 1. The van der Waals surface area contributed by atoms with Crippen LogP contribution in [0, 0.1) is 5.82 Å². The van der Waals surface area contributed by atoms with Gasteiger partial charge in [0.05, 0.1) is 0 Å². The smallest absolute Gasteiger partial charge is 0.246 e. The Morgan fingerprint density at radius 2 is 1.95 bits per heavy atom. The van der Waals surface area contributed by atoms with Gasteiger partial charge in [0, 0.05) is 25.3 Å². The van der Waals surface area contributed by atoms with Crippen molar-refractivity contribution in [3.8, 4) is 0 Å². The predicted molar refractivity (Wildman–Crippen MR) is 81.8 cm³/mol. The fraction of sp³-hybridized carbons (Fsp3) is 0.467. The summed E-state index contributed by atoms with van der Waals surface area (Å²) in [6.45, 7) is 4.78. The number of hydrogen-bond donors (Lipinski definition) is 2. The lowest BCUT2D eigenvalue weighted by molar-refractivity contribution is -0.114. The number of guanidine groups is 1. The lowest BCUT2D eigenvalue weighted by atomic mass is 10.3. The lowest BCUT2D eigenvalue weighted by Crippen LogP contribution is -2.40. The van der Waals surface area contributed by atoms with Crippen molar-refractivity contribution >= 4 is 17.6 Å². The summed E-state index contributed by atoms with van der Waals surface area (Å²) < 4.78 is 12.8. The topological polar surface area (TPSA) is 56.7 Å². The molecular formula is C15H21FN4O. The van der Waals surface area contributed by atoms with Gasteiger partial charge in [-0.05, 0) is 44.0 Å². The Bertz CT molecular complexity index is 495. The standard InChI is InChI=1S/C15H21FN4O/c1-2-17-15(20-9-3-4-10-20)18-11-14(21)19-13-7-5-12(16)6-8-13/h5-8H,2-4,9-11H2,1H3,(H,17,18)(H,19,21). The molecule has 1 amide bonds. The highest BCUT2D eigenvalue weighted by Gasteiger charge is 2.15. The second kappa shape index (κ2) is 7.61. The van der Waals surface area contributed by atoms with Crippen LogP contribution in [-0.4, -0.2) is 42.9 Å². The van der Waals surface area contributed by atoms with Crippen molar-refractivity contribution in [1.82, 2.24) is 10.2 Å². The SMILES string of the molecule is CCNC(=NCC(=O)Nc1ccc(F)cc1)N1CCCC1. The minimum atomic E-state index is -0.325. The van der Waals surface area contributed by atoms with Gasteiger partial charge in [-0.2, -0.15) is 0 Å². The van der Waals surface area contributed by atoms with Crippen molar-refractivity contribution in [2.24, 2.45) is 4.99 Å². The van der Waals surface area contributed by atoms with Crippen LogP contribution in [0.3, 0.4) is 0 Å². The highest BCUT2D eigenvalue weighted by molar-refractivity contribution is 5.94. The van der Waals surface area contributed by atoms with Crippen molar-refractivity contribution in [3.63, 3.8) is 0 Å². The number of halogens is 1. The van der Waals surface area contributed by atoms with Crippen LogP contribution in [0.2, 0.25) is 0 Å². The second-order valence-corrected chi connectivity index (χ2v) is 4.92. The van der Waals surface area contributed by atoms with Crippen molar-refractivity contribution < 1.29 is 9.18 Å². The Hall–Kier alpha value is -2.11. The number of nitrogens with one attached hydrogen (secondary N) is 2. The Morgan fingerprint density at radius 1 is 1.29 bits per heavy atom. The molecule has 5 nitrogen and oxygen atoms in total. The number of hydrogen-bond acceptors (Lipinski definition) is 2. The molecule has 1 aromatic rings. The number of carbonyl (C=O) groups excluding carboxylic acids is 1. The average Bonchev–Trinajstić information content (AvgIpc) is 3.00. The van der Waals surface area contributed by atoms with Crippen LogP contribution in [-0.2, 0) is 4.79 Å². The Kier molecular flexibility index (Phi) is 5.54. The minimum absolute atomic E-state index is 0.0518. The fourth-order valence-corrected chi connectivity index (χ4v) is 2.24. The number of nitrogens with zero attached hydrogens (tertiary/aromatic N) is 2. The first-order valence-electron chi connectivity index (χ1n) is 7.27. The minimum Gasteiger partial charge on any atom is -0.357 e. The monoisotopic (exact) mass is 292 g/mol. The van der Waals surface area contributed by atoms with E-state index in [1.54, 1.807) is 0 Å². The van der Waals surface area contributed by atoms with Crippen molar-refractivity contribution in [2.75, 3.05) is 31.5 Å². The van der Waals surface area contributed by atoms with E-state index >= 15 is 0 Å². The summed E-state index contributed by atoms with van der Waals surface area (Å²) >= 11 is 0. The summed E-state index contributed by atoms with van der Waals surface area (Å²) in [5.74, 6) is 0.245. The van der Waals surface area contributed by atoms with Crippen LogP contribution in [0.25, 0.3) is 0 Å². The number of amides is 1.